The van der Waals surface area contributed by atoms with E-state index in [-0.39, 0.29) is 5.75 Å². The van der Waals surface area contributed by atoms with E-state index in [0.717, 1.165) is 5.56 Å². The minimum absolute atomic E-state index is 0.209. The number of hydrogen-bond acceptors (Lipinski definition) is 4. The van der Waals surface area contributed by atoms with E-state index in [1.165, 1.54) is 10.8 Å². The van der Waals surface area contributed by atoms with E-state index in [2.05, 4.69) is 4.99 Å². The van der Waals surface area contributed by atoms with Crippen LogP contribution < -0.4 is 0 Å². The van der Waals surface area contributed by atoms with E-state index in [9.17, 15) is 4.55 Å². The van der Waals surface area contributed by atoms with Crippen molar-refractivity contribution in [2.24, 2.45) is 4.99 Å². The lowest BCUT2D eigenvalue weighted by molar-refractivity contribution is 0.475. The van der Waals surface area contributed by atoms with Crippen molar-refractivity contribution in [2.45, 2.75) is 0 Å². The van der Waals surface area contributed by atoms with Crippen molar-refractivity contribution in [3.63, 3.8) is 0 Å². The van der Waals surface area contributed by atoms with Crippen LogP contribution >= 0.6 is 10.8 Å². The third-order valence-corrected chi connectivity index (χ3v) is 4.20. The maximum absolute atomic E-state index is 11.3. The van der Waals surface area contributed by atoms with Gasteiger partial charge in [-0.05, 0) is 24.3 Å². The molecular formula is C8H7NO2S2. The number of rotatable bonds is 1. The van der Waals surface area contributed by atoms with Gasteiger partial charge in [0.2, 0.25) is 0 Å². The van der Waals surface area contributed by atoms with Gasteiger partial charge < -0.3 is 9.66 Å². The van der Waals surface area contributed by atoms with Crippen LogP contribution in [0.1, 0.15) is 5.56 Å². The molecule has 1 heterocycles. The summed E-state index contributed by atoms with van der Waals surface area (Å²) in [4.78, 5) is 4.11. The molecule has 1 aromatic carbocycles. The summed E-state index contributed by atoms with van der Waals surface area (Å²) < 4.78 is 11.3. The topological polar surface area (TPSA) is 55.7 Å². The smallest absolute Gasteiger partial charge is 0.261 e. The second-order valence-corrected chi connectivity index (χ2v) is 5.46. The maximum Gasteiger partial charge on any atom is 0.261 e. The van der Waals surface area contributed by atoms with Crippen molar-refractivity contribution in [3.05, 3.63) is 29.8 Å². The SMILES string of the molecule is [O-][S+]1SCN=C1c1ccc(O)cc1. The van der Waals surface area contributed by atoms with Crippen molar-refractivity contribution >= 4 is 26.0 Å². The zero-order valence-corrected chi connectivity index (χ0v) is 8.27. The number of nitrogens with zero attached hydrogens (tertiary/aromatic N) is 1. The molecule has 68 valence electrons. The fourth-order valence-corrected chi connectivity index (χ4v) is 3.23. The van der Waals surface area contributed by atoms with Gasteiger partial charge in [-0.1, -0.05) is 0 Å². The molecule has 0 amide bonds. The molecule has 0 saturated heterocycles. The lowest BCUT2D eigenvalue weighted by Gasteiger charge is -2.02. The van der Waals surface area contributed by atoms with Crippen LogP contribution in [0.25, 0.3) is 0 Å². The summed E-state index contributed by atoms with van der Waals surface area (Å²) in [6.07, 6.45) is 0. The fraction of sp³-hybridized carbons (Fsp3) is 0.125. The van der Waals surface area contributed by atoms with Gasteiger partial charge in [-0.3, -0.25) is 0 Å². The molecule has 5 heteroatoms. The summed E-state index contributed by atoms with van der Waals surface area (Å²) in [5.41, 5.74) is 0.820. The second kappa shape index (κ2) is 3.61. The molecule has 0 spiro atoms. The van der Waals surface area contributed by atoms with Crippen molar-refractivity contribution in [1.29, 1.82) is 0 Å². The van der Waals surface area contributed by atoms with Gasteiger partial charge in [-0.15, -0.1) is 0 Å². The first kappa shape index (κ1) is 8.93. The highest BCUT2D eigenvalue weighted by molar-refractivity contribution is 8.78. The molecule has 13 heavy (non-hydrogen) atoms. The first-order valence-corrected chi connectivity index (χ1v) is 6.31. The number of aromatic hydroxyl groups is 1. The van der Waals surface area contributed by atoms with Gasteiger partial charge in [0, 0.05) is 0 Å². The Kier molecular flexibility index (Phi) is 2.48. The molecule has 1 N–H and O–H groups in total. The summed E-state index contributed by atoms with van der Waals surface area (Å²) in [6, 6.07) is 6.58. The number of aliphatic imine (C=N–C) groups is 1. The zero-order chi connectivity index (χ0) is 9.26. The van der Waals surface area contributed by atoms with E-state index in [1.54, 1.807) is 24.3 Å². The number of hydrogen-bond donors (Lipinski definition) is 1. The highest BCUT2D eigenvalue weighted by atomic mass is 33.1. The van der Waals surface area contributed by atoms with Gasteiger partial charge in [0.25, 0.3) is 5.04 Å². The minimum Gasteiger partial charge on any atom is -0.599 e. The van der Waals surface area contributed by atoms with Crippen molar-refractivity contribution in [3.8, 4) is 5.75 Å². The highest BCUT2D eigenvalue weighted by Crippen LogP contribution is 2.26. The monoisotopic (exact) mass is 213 g/mol. The van der Waals surface area contributed by atoms with Gasteiger partial charge in [-0.25, -0.2) is 4.99 Å². The Morgan fingerprint density at radius 3 is 2.62 bits per heavy atom. The predicted octanol–water partition coefficient (Wildman–Crippen LogP) is 1.51. The van der Waals surface area contributed by atoms with E-state index >= 15 is 0 Å². The van der Waals surface area contributed by atoms with Crippen molar-refractivity contribution in [1.82, 2.24) is 0 Å². The Morgan fingerprint density at radius 1 is 1.38 bits per heavy atom. The first-order valence-electron chi connectivity index (χ1n) is 3.66. The molecule has 0 saturated carbocycles. The number of phenols is 1. The molecule has 1 unspecified atom stereocenters. The predicted molar refractivity (Wildman–Crippen MR) is 55.2 cm³/mol. The largest absolute Gasteiger partial charge is 0.599 e. The number of benzene rings is 1. The number of phenolic OH excluding ortho intramolecular Hbond substituents is 1. The standard InChI is InChI=1S/C8H7NO2S2/c10-7-3-1-6(2-4-7)8-9-5-12-13(8)11/h1-4,10H,5H2. The fourth-order valence-electron chi connectivity index (χ4n) is 1.03. The van der Waals surface area contributed by atoms with Gasteiger partial charge in [-0.2, -0.15) is 0 Å². The van der Waals surface area contributed by atoms with Crippen LogP contribution in [0.3, 0.4) is 0 Å². The third-order valence-electron chi connectivity index (χ3n) is 1.64. The van der Waals surface area contributed by atoms with Crippen LogP contribution in [0.2, 0.25) is 0 Å². The van der Waals surface area contributed by atoms with Crippen LogP contribution in [-0.2, 0) is 10.2 Å². The molecule has 0 aromatic heterocycles. The molecule has 1 aliphatic rings. The Hall–Kier alpha value is -0.650. The molecule has 1 atom stereocenters. The van der Waals surface area contributed by atoms with Gasteiger partial charge in [0.05, 0.1) is 15.8 Å². The molecule has 1 aliphatic heterocycles. The van der Waals surface area contributed by atoms with Crippen molar-refractivity contribution < 1.29 is 9.66 Å². The summed E-state index contributed by atoms with van der Waals surface area (Å²) in [5.74, 6) is 0.767. The summed E-state index contributed by atoms with van der Waals surface area (Å²) in [6.45, 7) is 0. The Morgan fingerprint density at radius 2 is 2.08 bits per heavy atom. The van der Waals surface area contributed by atoms with Crippen LogP contribution in [0, 0.1) is 0 Å². The van der Waals surface area contributed by atoms with Crippen molar-refractivity contribution in [2.75, 3.05) is 5.88 Å². The molecule has 0 bridgehead atoms. The van der Waals surface area contributed by atoms with Gasteiger partial charge >= 0.3 is 0 Å². The molecule has 3 nitrogen and oxygen atoms in total. The van der Waals surface area contributed by atoms with Crippen LogP contribution in [0.15, 0.2) is 29.3 Å². The average Bonchev–Trinajstić information content (AvgIpc) is 2.53. The lowest BCUT2D eigenvalue weighted by Crippen LogP contribution is -2.07. The quantitative estimate of drug-likeness (QED) is 0.568. The zero-order valence-electron chi connectivity index (χ0n) is 6.64. The maximum atomic E-state index is 11.3. The van der Waals surface area contributed by atoms with E-state index in [0.29, 0.717) is 10.9 Å². The van der Waals surface area contributed by atoms with Crippen LogP contribution in [0.5, 0.6) is 5.75 Å². The second-order valence-electron chi connectivity index (χ2n) is 2.49. The summed E-state index contributed by atoms with van der Waals surface area (Å²) in [5, 5.41) is 9.66. The molecular weight excluding hydrogens is 206 g/mol. The molecule has 0 aliphatic carbocycles. The van der Waals surface area contributed by atoms with E-state index in [4.69, 9.17) is 5.11 Å². The summed E-state index contributed by atoms with van der Waals surface area (Å²) >= 11 is 0. The minimum atomic E-state index is -1.03. The summed E-state index contributed by atoms with van der Waals surface area (Å²) in [7, 11) is 0.277. The third kappa shape index (κ3) is 1.82. The lowest BCUT2D eigenvalue weighted by atomic mass is 10.2. The average molecular weight is 213 g/mol. The van der Waals surface area contributed by atoms with Crippen LogP contribution in [0.4, 0.5) is 0 Å². The van der Waals surface area contributed by atoms with E-state index < -0.39 is 10.2 Å². The molecule has 2 rings (SSSR count). The van der Waals surface area contributed by atoms with E-state index in [1.807, 2.05) is 0 Å². The Balaban J connectivity index is 2.30. The molecule has 0 radical (unpaired) electrons. The van der Waals surface area contributed by atoms with Gasteiger partial charge in [0.1, 0.15) is 22.4 Å². The van der Waals surface area contributed by atoms with Gasteiger partial charge in [0.15, 0.2) is 0 Å². The normalized spacial score (nSPS) is 21.6. The van der Waals surface area contributed by atoms with Crippen LogP contribution in [-0.4, -0.2) is 20.6 Å². The first-order chi connectivity index (χ1) is 6.27. The highest BCUT2D eigenvalue weighted by Gasteiger charge is 2.26. The Bertz CT molecular complexity index is 337. The molecule has 0 fully saturated rings. The molecule has 1 aromatic rings. The Labute approximate surface area is 82.5 Å².